The predicted molar refractivity (Wildman–Crippen MR) is 75.4 cm³/mol. The van der Waals surface area contributed by atoms with Crippen LogP contribution in [-0.2, 0) is 6.42 Å². The molecule has 0 spiro atoms. The van der Waals surface area contributed by atoms with Crippen LogP contribution in [0.5, 0.6) is 0 Å². The first-order valence-electron chi connectivity index (χ1n) is 6.37. The van der Waals surface area contributed by atoms with Crippen LogP contribution in [0.25, 0.3) is 0 Å². The van der Waals surface area contributed by atoms with Crippen molar-refractivity contribution in [3.63, 3.8) is 0 Å². The third-order valence-corrected chi connectivity index (χ3v) is 3.36. The van der Waals surface area contributed by atoms with Gasteiger partial charge in [-0.15, -0.1) is 0 Å². The Labute approximate surface area is 112 Å². The molecule has 1 aliphatic rings. The van der Waals surface area contributed by atoms with Gasteiger partial charge < -0.3 is 10.1 Å². The van der Waals surface area contributed by atoms with Gasteiger partial charge in [0.05, 0.1) is 6.21 Å². The molecule has 2 heterocycles. The molecule has 96 valence electrons. The lowest BCUT2D eigenvalue weighted by molar-refractivity contribution is 0.322. The van der Waals surface area contributed by atoms with E-state index in [9.17, 15) is 0 Å². The second-order valence-corrected chi connectivity index (χ2v) is 4.58. The molecule has 2 aromatic rings. The summed E-state index contributed by atoms with van der Waals surface area (Å²) in [7, 11) is 0. The van der Waals surface area contributed by atoms with Gasteiger partial charge in [-0.05, 0) is 36.6 Å². The number of fused-ring (bicyclic) bond motifs is 1. The lowest BCUT2D eigenvalue weighted by atomic mass is 10.0. The molecule has 3 rings (SSSR count). The molecule has 1 aromatic carbocycles. The molecule has 1 N–H and O–H groups in total. The van der Waals surface area contributed by atoms with Gasteiger partial charge >= 0.3 is 0 Å². The van der Waals surface area contributed by atoms with E-state index in [0.717, 1.165) is 30.8 Å². The van der Waals surface area contributed by atoms with E-state index in [1.165, 1.54) is 17.5 Å². The lowest BCUT2D eigenvalue weighted by Gasteiger charge is -2.30. The summed E-state index contributed by atoms with van der Waals surface area (Å²) in [4.78, 5) is 6.68. The number of oxime groups is 1. The highest BCUT2D eigenvalue weighted by Gasteiger charge is 2.18. The fraction of sp³-hybridized carbons (Fsp3) is 0.200. The third kappa shape index (κ3) is 2.29. The summed E-state index contributed by atoms with van der Waals surface area (Å²) in [5, 5.41) is 11.5. The Kier molecular flexibility index (Phi) is 3.14. The summed E-state index contributed by atoms with van der Waals surface area (Å²) in [5.41, 5.74) is 3.40. The average Bonchev–Trinajstić information content (AvgIpc) is 2.48. The fourth-order valence-electron chi connectivity index (χ4n) is 2.47. The van der Waals surface area contributed by atoms with E-state index in [4.69, 9.17) is 5.21 Å². The van der Waals surface area contributed by atoms with Gasteiger partial charge in [-0.1, -0.05) is 23.4 Å². The predicted octanol–water partition coefficient (Wildman–Crippen LogP) is 2.97. The maximum Gasteiger partial charge on any atom is 0.132 e. The quantitative estimate of drug-likeness (QED) is 0.508. The number of pyridine rings is 1. The molecular formula is C15H15N3O. The van der Waals surface area contributed by atoms with Crippen LogP contribution in [0.15, 0.2) is 47.8 Å². The molecule has 0 aliphatic carbocycles. The molecule has 0 amide bonds. The minimum atomic E-state index is 0.788. The van der Waals surface area contributed by atoms with Crippen LogP contribution in [-0.4, -0.2) is 23.0 Å². The van der Waals surface area contributed by atoms with Crippen molar-refractivity contribution in [3.05, 3.63) is 53.7 Å². The van der Waals surface area contributed by atoms with E-state index in [1.54, 1.807) is 6.20 Å². The minimum Gasteiger partial charge on any atom is -0.411 e. The smallest absolute Gasteiger partial charge is 0.132 e. The van der Waals surface area contributed by atoms with E-state index < -0.39 is 0 Å². The summed E-state index contributed by atoms with van der Waals surface area (Å²) in [6, 6.07) is 12.3. The van der Waals surface area contributed by atoms with Crippen molar-refractivity contribution in [2.24, 2.45) is 5.16 Å². The number of rotatable bonds is 2. The van der Waals surface area contributed by atoms with Gasteiger partial charge in [0.25, 0.3) is 0 Å². The first kappa shape index (κ1) is 11.7. The van der Waals surface area contributed by atoms with Crippen LogP contribution in [0.2, 0.25) is 0 Å². The van der Waals surface area contributed by atoms with Crippen molar-refractivity contribution in [1.82, 2.24) is 4.98 Å². The first-order valence-corrected chi connectivity index (χ1v) is 6.37. The number of hydrogen-bond acceptors (Lipinski definition) is 4. The van der Waals surface area contributed by atoms with E-state index in [1.807, 2.05) is 12.1 Å². The molecule has 1 aromatic heterocycles. The number of nitrogens with zero attached hydrogens (tertiary/aromatic N) is 3. The zero-order chi connectivity index (χ0) is 13.1. The second-order valence-electron chi connectivity index (χ2n) is 4.58. The molecule has 0 saturated heterocycles. The van der Waals surface area contributed by atoms with E-state index in [0.29, 0.717) is 0 Å². The summed E-state index contributed by atoms with van der Waals surface area (Å²) in [5.74, 6) is 0.933. The fourth-order valence-corrected chi connectivity index (χ4v) is 2.47. The SMILES string of the molecule is O/N=C\c1ccc(N2CCCc3ccccc32)nc1. The number of para-hydroxylation sites is 1. The third-order valence-electron chi connectivity index (χ3n) is 3.36. The van der Waals surface area contributed by atoms with E-state index in [-0.39, 0.29) is 0 Å². The Bertz CT molecular complexity index is 593. The van der Waals surface area contributed by atoms with Crippen molar-refractivity contribution in [1.29, 1.82) is 0 Å². The van der Waals surface area contributed by atoms with Crippen LogP contribution < -0.4 is 4.90 Å². The van der Waals surface area contributed by atoms with Crippen LogP contribution in [0.4, 0.5) is 11.5 Å². The molecule has 0 unspecified atom stereocenters. The summed E-state index contributed by atoms with van der Waals surface area (Å²) in [6.07, 6.45) is 5.35. The maximum atomic E-state index is 8.50. The average molecular weight is 253 g/mol. The highest BCUT2D eigenvalue weighted by atomic mass is 16.4. The summed E-state index contributed by atoms with van der Waals surface area (Å²) < 4.78 is 0. The minimum absolute atomic E-state index is 0.788. The number of hydrogen-bond donors (Lipinski definition) is 1. The molecule has 4 nitrogen and oxygen atoms in total. The van der Waals surface area contributed by atoms with Crippen LogP contribution in [0, 0.1) is 0 Å². The molecule has 0 bridgehead atoms. The highest BCUT2D eigenvalue weighted by molar-refractivity contribution is 5.79. The Balaban J connectivity index is 1.95. The van der Waals surface area contributed by atoms with Crippen LogP contribution in [0.3, 0.4) is 0 Å². The second kappa shape index (κ2) is 5.10. The Hall–Kier alpha value is -2.36. The first-order chi connectivity index (χ1) is 9.38. The Morgan fingerprint density at radius 3 is 2.89 bits per heavy atom. The summed E-state index contributed by atoms with van der Waals surface area (Å²) in [6.45, 7) is 0.984. The van der Waals surface area contributed by atoms with Crippen molar-refractivity contribution in [2.45, 2.75) is 12.8 Å². The topological polar surface area (TPSA) is 48.7 Å². The van der Waals surface area contributed by atoms with Crippen molar-refractivity contribution >= 4 is 17.7 Å². The maximum absolute atomic E-state index is 8.50. The monoisotopic (exact) mass is 253 g/mol. The lowest BCUT2D eigenvalue weighted by Crippen LogP contribution is -2.25. The summed E-state index contributed by atoms with van der Waals surface area (Å²) >= 11 is 0. The van der Waals surface area contributed by atoms with Crippen molar-refractivity contribution < 1.29 is 5.21 Å². The van der Waals surface area contributed by atoms with Crippen molar-refractivity contribution in [3.8, 4) is 0 Å². The van der Waals surface area contributed by atoms with Gasteiger partial charge in [0.2, 0.25) is 0 Å². The van der Waals surface area contributed by atoms with Crippen LogP contribution in [0.1, 0.15) is 17.5 Å². The molecule has 0 radical (unpaired) electrons. The zero-order valence-corrected chi connectivity index (χ0v) is 10.5. The van der Waals surface area contributed by atoms with Crippen molar-refractivity contribution in [2.75, 3.05) is 11.4 Å². The Morgan fingerprint density at radius 2 is 2.11 bits per heavy atom. The van der Waals surface area contributed by atoms with Gasteiger partial charge in [-0.2, -0.15) is 0 Å². The highest BCUT2D eigenvalue weighted by Crippen LogP contribution is 2.31. The molecule has 0 fully saturated rings. The number of aromatic nitrogens is 1. The van der Waals surface area contributed by atoms with Gasteiger partial charge in [-0.3, -0.25) is 0 Å². The normalized spacial score (nSPS) is 14.6. The molecule has 1 aliphatic heterocycles. The Morgan fingerprint density at radius 1 is 1.21 bits per heavy atom. The molecule has 4 heteroatoms. The number of aryl methyl sites for hydroxylation is 1. The van der Waals surface area contributed by atoms with Gasteiger partial charge in [0, 0.05) is 24.0 Å². The molecule has 19 heavy (non-hydrogen) atoms. The van der Waals surface area contributed by atoms with Gasteiger partial charge in [-0.25, -0.2) is 4.98 Å². The standard InChI is InChI=1S/C15H15N3O/c19-17-11-12-7-8-15(16-10-12)18-9-3-5-13-4-1-2-6-14(13)18/h1-2,4,6-8,10-11,19H,3,5,9H2/b17-11-. The largest absolute Gasteiger partial charge is 0.411 e. The molecular weight excluding hydrogens is 238 g/mol. The number of benzene rings is 1. The molecule has 0 saturated carbocycles. The van der Waals surface area contributed by atoms with Gasteiger partial charge in [0.1, 0.15) is 5.82 Å². The zero-order valence-electron chi connectivity index (χ0n) is 10.5. The number of anilines is 2. The van der Waals surface area contributed by atoms with E-state index >= 15 is 0 Å². The van der Waals surface area contributed by atoms with Gasteiger partial charge in [0.15, 0.2) is 0 Å². The molecule has 0 atom stereocenters. The van der Waals surface area contributed by atoms with Crippen LogP contribution >= 0.6 is 0 Å². The van der Waals surface area contributed by atoms with E-state index in [2.05, 4.69) is 39.3 Å².